The van der Waals surface area contributed by atoms with Crippen LogP contribution < -0.4 is 5.11 Å². The second-order valence-corrected chi connectivity index (χ2v) is 17.3. The van der Waals surface area contributed by atoms with Gasteiger partial charge in [0.05, 0.1) is 40.3 Å². The molecule has 0 aromatic heterocycles. The van der Waals surface area contributed by atoms with Crippen LogP contribution in [0.25, 0.3) is 0 Å². The van der Waals surface area contributed by atoms with Crippen molar-refractivity contribution >= 4 is 17.9 Å². The molecule has 8 nitrogen and oxygen atoms in total. The van der Waals surface area contributed by atoms with Crippen molar-refractivity contribution in [2.45, 2.75) is 199 Å². The maximum atomic E-state index is 12.8. The first-order valence-electron chi connectivity index (χ1n) is 24.6. The van der Waals surface area contributed by atoms with Gasteiger partial charge in [-0.3, -0.25) is 9.59 Å². The van der Waals surface area contributed by atoms with Crippen LogP contribution in [0.5, 0.6) is 0 Å². The van der Waals surface area contributed by atoms with Crippen LogP contribution in [-0.2, 0) is 28.6 Å². The van der Waals surface area contributed by atoms with Crippen LogP contribution >= 0.6 is 0 Å². The number of carbonyl (C=O) groups is 3. The molecule has 0 rings (SSSR count). The molecule has 0 radical (unpaired) electrons. The molecule has 0 amide bonds. The lowest BCUT2D eigenvalue weighted by Gasteiger charge is -2.34. The summed E-state index contributed by atoms with van der Waals surface area (Å²) in [6.45, 7) is 4.42. The van der Waals surface area contributed by atoms with Gasteiger partial charge >= 0.3 is 11.9 Å². The highest BCUT2D eigenvalue weighted by Gasteiger charge is 2.25. The molecule has 0 aromatic carbocycles. The molecule has 0 aliphatic rings. The van der Waals surface area contributed by atoms with E-state index in [1.165, 1.54) is 51.4 Å². The molecule has 0 heterocycles. The fourth-order valence-corrected chi connectivity index (χ4v) is 6.78. The largest absolute Gasteiger partial charge is 0.544 e. The van der Waals surface area contributed by atoms with Crippen molar-refractivity contribution in [2.75, 3.05) is 41.0 Å². The van der Waals surface area contributed by atoms with E-state index in [4.69, 9.17) is 14.2 Å². The number of unbranched alkanes of at least 4 members (excludes halogenated alkanes) is 15. The number of quaternary nitrogens is 1. The van der Waals surface area contributed by atoms with Crippen LogP contribution in [-0.4, -0.2) is 75.5 Å². The zero-order valence-corrected chi connectivity index (χ0v) is 40.3. The Morgan fingerprint density at radius 1 is 0.484 bits per heavy atom. The summed E-state index contributed by atoms with van der Waals surface area (Å²) in [6, 6.07) is -0.734. The molecular formula is C54H91NO7. The van der Waals surface area contributed by atoms with Crippen LogP contribution in [0.4, 0.5) is 0 Å². The number of ether oxygens (including phenoxy) is 3. The van der Waals surface area contributed by atoms with E-state index in [1.807, 2.05) is 0 Å². The molecule has 0 aliphatic heterocycles. The normalized spacial score (nSPS) is 13.6. The predicted octanol–water partition coefficient (Wildman–Crippen LogP) is 12.7. The lowest BCUT2D eigenvalue weighted by molar-refractivity contribution is -0.889. The van der Waals surface area contributed by atoms with E-state index < -0.39 is 18.1 Å². The number of likely N-dealkylation sites (N-methyl/N-ethyl adjacent to an activating group) is 1. The zero-order chi connectivity index (χ0) is 45.6. The van der Waals surface area contributed by atoms with Crippen molar-refractivity contribution < 1.29 is 38.2 Å². The van der Waals surface area contributed by atoms with E-state index >= 15 is 0 Å². The van der Waals surface area contributed by atoms with Gasteiger partial charge in [-0.05, 0) is 83.5 Å². The van der Waals surface area contributed by atoms with Gasteiger partial charge in [-0.2, -0.15) is 0 Å². The number of carbonyl (C=O) groups excluding carboxylic acids is 3. The molecular weight excluding hydrogens is 775 g/mol. The quantitative estimate of drug-likeness (QED) is 0.0260. The molecule has 0 spiro atoms. The van der Waals surface area contributed by atoms with Crippen molar-refractivity contribution in [1.29, 1.82) is 0 Å². The molecule has 0 saturated carbocycles. The molecule has 354 valence electrons. The van der Waals surface area contributed by atoms with Gasteiger partial charge < -0.3 is 28.6 Å². The third-order valence-corrected chi connectivity index (χ3v) is 10.5. The summed E-state index contributed by atoms with van der Waals surface area (Å²) in [5.41, 5.74) is 0. The summed E-state index contributed by atoms with van der Waals surface area (Å²) in [6.07, 6.45) is 57.5. The number of rotatable bonds is 43. The van der Waals surface area contributed by atoms with Gasteiger partial charge in [0.1, 0.15) is 12.6 Å². The van der Waals surface area contributed by atoms with Crippen LogP contribution in [0.2, 0.25) is 0 Å². The van der Waals surface area contributed by atoms with E-state index in [-0.39, 0.29) is 42.7 Å². The smallest absolute Gasteiger partial charge is 0.306 e. The maximum absolute atomic E-state index is 12.8. The molecule has 0 bridgehead atoms. The first kappa shape index (κ1) is 58.5. The van der Waals surface area contributed by atoms with E-state index in [2.05, 4.69) is 98.9 Å². The Kier molecular flexibility index (Phi) is 41.6. The number of nitrogens with zero attached hydrogens (tertiary/aromatic N) is 1. The average Bonchev–Trinajstić information content (AvgIpc) is 3.23. The van der Waals surface area contributed by atoms with Crippen molar-refractivity contribution in [1.82, 2.24) is 0 Å². The fourth-order valence-electron chi connectivity index (χ4n) is 6.78. The third kappa shape index (κ3) is 41.8. The van der Waals surface area contributed by atoms with Crippen LogP contribution in [0.3, 0.4) is 0 Å². The number of allylic oxidation sites excluding steroid dienone is 14. The van der Waals surface area contributed by atoms with Gasteiger partial charge in [-0.25, -0.2) is 0 Å². The van der Waals surface area contributed by atoms with Crippen LogP contribution in [0.15, 0.2) is 85.1 Å². The lowest BCUT2D eigenvalue weighted by Crippen LogP contribution is -2.55. The topological polar surface area (TPSA) is 102 Å². The fraction of sp³-hybridized carbons (Fsp3) is 0.685. The molecule has 2 atom stereocenters. The molecule has 2 unspecified atom stereocenters. The molecule has 0 saturated heterocycles. The molecule has 62 heavy (non-hydrogen) atoms. The SMILES string of the molecule is CC/C=C/C/C=C/C/C=C/C/C=C/CCCCCCCCC(=O)OC(COCCC(C(=O)[O-])[N+](C)(C)C)COC(=O)CCCCCCCCCCC/C=C/C/C=C/C/C=C/CC. The minimum Gasteiger partial charge on any atom is -0.544 e. The van der Waals surface area contributed by atoms with E-state index in [1.54, 1.807) is 21.1 Å². The highest BCUT2D eigenvalue weighted by atomic mass is 16.6. The summed E-state index contributed by atoms with van der Waals surface area (Å²) < 4.78 is 17.2. The molecule has 0 N–H and O–H groups in total. The molecule has 0 aliphatic carbocycles. The number of carboxylic acids is 1. The first-order chi connectivity index (χ1) is 30.1. The van der Waals surface area contributed by atoms with Gasteiger partial charge in [0, 0.05) is 19.3 Å². The monoisotopic (exact) mass is 866 g/mol. The summed E-state index contributed by atoms with van der Waals surface area (Å²) >= 11 is 0. The van der Waals surface area contributed by atoms with E-state index in [9.17, 15) is 19.5 Å². The lowest BCUT2D eigenvalue weighted by atomic mass is 10.1. The Labute approximate surface area is 380 Å². The van der Waals surface area contributed by atoms with Gasteiger partial charge in [0.2, 0.25) is 0 Å². The third-order valence-electron chi connectivity index (χ3n) is 10.5. The van der Waals surface area contributed by atoms with Gasteiger partial charge in [0.25, 0.3) is 0 Å². The van der Waals surface area contributed by atoms with Crippen molar-refractivity contribution in [2.24, 2.45) is 0 Å². The summed E-state index contributed by atoms with van der Waals surface area (Å²) in [5, 5.41) is 11.7. The first-order valence-corrected chi connectivity index (χ1v) is 24.6. The molecule has 8 heteroatoms. The van der Waals surface area contributed by atoms with E-state index in [0.29, 0.717) is 12.8 Å². The number of hydrogen-bond donors (Lipinski definition) is 0. The van der Waals surface area contributed by atoms with Crippen molar-refractivity contribution in [3.05, 3.63) is 85.1 Å². The van der Waals surface area contributed by atoms with Crippen LogP contribution in [0.1, 0.15) is 187 Å². The Bertz CT molecular complexity index is 1290. The Morgan fingerprint density at radius 3 is 1.26 bits per heavy atom. The summed E-state index contributed by atoms with van der Waals surface area (Å²) in [4.78, 5) is 37.0. The summed E-state index contributed by atoms with van der Waals surface area (Å²) in [5.74, 6) is -1.77. The second kappa shape index (κ2) is 44.1. The number of hydrogen-bond acceptors (Lipinski definition) is 7. The van der Waals surface area contributed by atoms with Gasteiger partial charge in [-0.1, -0.05) is 170 Å². The minimum absolute atomic E-state index is 0.0287. The Hall–Kier alpha value is -3.49. The Morgan fingerprint density at radius 2 is 0.855 bits per heavy atom. The highest BCUT2D eigenvalue weighted by Crippen LogP contribution is 2.14. The maximum Gasteiger partial charge on any atom is 0.306 e. The molecule has 0 aromatic rings. The van der Waals surface area contributed by atoms with Gasteiger partial charge in [0.15, 0.2) is 6.10 Å². The standard InChI is InChI=1S/C54H91NO7/c1-6-8-10-12-14-16-18-20-22-24-26-28-30-32-34-36-38-40-42-44-52(56)61-49-50(48-60-47-46-51(54(58)59)55(3,4)5)62-53(57)45-43-41-39-37-35-33-31-29-27-25-23-21-19-17-15-13-11-9-7-2/h8-11,14-17,20-23,27,29,50-51H,6-7,12-13,18-19,24-26,28,30-49H2,1-5H3/b10-8+,11-9+,16-14+,17-15+,22-20+,23-21+,29-27+. The Balaban J connectivity index is 4.32. The van der Waals surface area contributed by atoms with Crippen LogP contribution in [0, 0.1) is 0 Å². The van der Waals surface area contributed by atoms with Crippen molar-refractivity contribution in [3.63, 3.8) is 0 Å². The predicted molar refractivity (Wildman–Crippen MR) is 258 cm³/mol. The average molecular weight is 866 g/mol. The zero-order valence-electron chi connectivity index (χ0n) is 40.3. The van der Waals surface area contributed by atoms with Gasteiger partial charge in [-0.15, -0.1) is 0 Å². The number of esters is 2. The highest BCUT2D eigenvalue weighted by molar-refractivity contribution is 5.70. The second-order valence-electron chi connectivity index (χ2n) is 17.3. The number of aliphatic carboxylic acids is 1. The number of carboxylic acid groups (broad SMARTS) is 1. The van der Waals surface area contributed by atoms with Crippen molar-refractivity contribution in [3.8, 4) is 0 Å². The molecule has 0 fully saturated rings. The minimum atomic E-state index is -1.13. The summed E-state index contributed by atoms with van der Waals surface area (Å²) in [7, 11) is 5.40. The van der Waals surface area contributed by atoms with E-state index in [0.717, 1.165) is 103 Å².